The fourth-order valence-electron chi connectivity index (χ4n) is 0.116. The maximum absolute atomic E-state index is 9.46. The summed E-state index contributed by atoms with van der Waals surface area (Å²) in [4.78, 5) is 9.46. The minimum absolute atomic E-state index is 0.792. The number of hydrogen-bond donors (Lipinski definition) is 0. The smallest absolute Gasteiger partial charge is 0.0649 e. The molecule has 0 aliphatic carbocycles. The predicted octanol–water partition coefficient (Wildman–Crippen LogP) is -1.07. The van der Waals surface area contributed by atoms with E-state index in [0.29, 0.717) is 0 Å². The van der Waals surface area contributed by atoms with Gasteiger partial charge in [-0.2, -0.15) is 0 Å². The molecule has 0 aliphatic heterocycles. The molecule has 2 heteroatoms. The van der Waals surface area contributed by atoms with E-state index in [1.165, 1.54) is 0 Å². The van der Waals surface area contributed by atoms with Crippen LogP contribution in [0.3, 0.4) is 0 Å². The maximum Gasteiger partial charge on any atom is 0.0649 e. The Morgan fingerprint density at radius 3 is 2.57 bits per heavy atom. The molecule has 0 amide bonds. The Morgan fingerprint density at radius 1 is 1.86 bits per heavy atom. The van der Waals surface area contributed by atoms with Crippen LogP contribution in [0.2, 0.25) is 0 Å². The predicted molar refractivity (Wildman–Crippen MR) is 23.0 cm³/mol. The molecular formula is C5H3O2-. The Kier molecular flexibility index (Phi) is 2.46. The van der Waals surface area contributed by atoms with Crippen LogP contribution in [0.1, 0.15) is 0 Å². The highest BCUT2D eigenvalue weighted by Gasteiger charge is 1.63. The summed E-state index contributed by atoms with van der Waals surface area (Å²) in [5, 5.41) is 9.46. The molecule has 36 valence electrons. The molecule has 0 aromatic rings. The van der Waals surface area contributed by atoms with Crippen molar-refractivity contribution < 1.29 is 9.90 Å². The van der Waals surface area contributed by atoms with Gasteiger partial charge in [-0.1, -0.05) is 5.92 Å². The van der Waals surface area contributed by atoms with Crippen molar-refractivity contribution in [3.8, 4) is 12.3 Å². The first kappa shape index (κ1) is 5.77. The van der Waals surface area contributed by atoms with Gasteiger partial charge in [0.15, 0.2) is 0 Å². The first-order chi connectivity index (χ1) is 3.27. The van der Waals surface area contributed by atoms with Gasteiger partial charge in [-0.15, -0.1) is 6.42 Å². The number of terminal acetylenes is 1. The molecule has 0 atom stereocenters. The van der Waals surface area contributed by atoms with E-state index in [2.05, 4.69) is 6.42 Å². The highest BCUT2D eigenvalue weighted by Crippen LogP contribution is 1.62. The van der Waals surface area contributed by atoms with E-state index in [1.807, 2.05) is 5.92 Å². The lowest BCUT2D eigenvalue weighted by Gasteiger charge is -1.83. The van der Waals surface area contributed by atoms with Gasteiger partial charge in [0.1, 0.15) is 0 Å². The minimum Gasteiger partial charge on any atom is -0.545 e. The van der Waals surface area contributed by atoms with Crippen LogP contribution in [-0.4, -0.2) is 5.97 Å². The third kappa shape index (κ3) is 4.77. The number of carbonyl (C=O) groups is 1. The van der Waals surface area contributed by atoms with Gasteiger partial charge in [0.25, 0.3) is 0 Å². The molecule has 0 unspecified atom stereocenters. The van der Waals surface area contributed by atoms with Crippen LogP contribution < -0.4 is 5.11 Å². The van der Waals surface area contributed by atoms with Crippen LogP contribution in [0.5, 0.6) is 0 Å². The van der Waals surface area contributed by atoms with E-state index < -0.39 is 5.97 Å². The second-order valence-corrected chi connectivity index (χ2v) is 0.819. The summed E-state index contributed by atoms with van der Waals surface area (Å²) in [6.07, 6.45) is 6.51. The fraction of sp³-hybridized carbons (Fsp3) is 0. The SMILES string of the molecule is C#C/C=C/C(=O)[O-]. The van der Waals surface area contributed by atoms with Crippen LogP contribution in [-0.2, 0) is 4.79 Å². The molecular weight excluding hydrogens is 92.1 g/mol. The van der Waals surface area contributed by atoms with Crippen LogP contribution in [0.4, 0.5) is 0 Å². The fourth-order valence-corrected chi connectivity index (χ4v) is 0.116. The van der Waals surface area contributed by atoms with Crippen molar-refractivity contribution in [2.24, 2.45) is 0 Å². The van der Waals surface area contributed by atoms with Gasteiger partial charge in [0.05, 0.1) is 5.97 Å². The molecule has 7 heavy (non-hydrogen) atoms. The molecule has 0 saturated heterocycles. The number of carbonyl (C=O) groups excluding carboxylic acids is 1. The second kappa shape index (κ2) is 2.98. The van der Waals surface area contributed by atoms with Crippen molar-refractivity contribution in [2.75, 3.05) is 0 Å². The number of carboxylic acid groups (broad SMARTS) is 1. The Morgan fingerprint density at radius 2 is 2.43 bits per heavy atom. The molecule has 2 nitrogen and oxygen atoms in total. The molecule has 0 aromatic carbocycles. The van der Waals surface area contributed by atoms with Gasteiger partial charge in [0, 0.05) is 0 Å². The lowest BCUT2D eigenvalue weighted by molar-refractivity contribution is -0.297. The van der Waals surface area contributed by atoms with E-state index in [1.54, 1.807) is 0 Å². The molecule has 0 heterocycles. The number of hydrogen-bond acceptors (Lipinski definition) is 2. The quantitative estimate of drug-likeness (QED) is 0.307. The monoisotopic (exact) mass is 95.0 g/mol. The summed E-state index contributed by atoms with van der Waals surface area (Å²) in [6.45, 7) is 0. The zero-order valence-corrected chi connectivity index (χ0v) is 3.55. The Labute approximate surface area is 41.5 Å². The highest BCUT2D eigenvalue weighted by molar-refractivity contribution is 5.78. The zero-order valence-electron chi connectivity index (χ0n) is 3.55. The average Bonchev–Trinajstić information content (AvgIpc) is 1.61. The first-order valence-electron chi connectivity index (χ1n) is 1.61. The zero-order chi connectivity index (χ0) is 5.70. The van der Waals surface area contributed by atoms with Gasteiger partial charge in [-0.3, -0.25) is 0 Å². The number of carboxylic acids is 1. The number of allylic oxidation sites excluding steroid dienone is 1. The van der Waals surface area contributed by atoms with E-state index >= 15 is 0 Å². The van der Waals surface area contributed by atoms with Gasteiger partial charge in [-0.25, -0.2) is 0 Å². The topological polar surface area (TPSA) is 40.1 Å². The van der Waals surface area contributed by atoms with Crippen molar-refractivity contribution in [1.82, 2.24) is 0 Å². The summed E-state index contributed by atoms with van der Waals surface area (Å²) < 4.78 is 0. The molecule has 0 spiro atoms. The standard InChI is InChI=1S/C5H4O2/c1-2-3-4-5(6)7/h1,3-4H,(H,6,7)/p-1/b4-3+. The largest absolute Gasteiger partial charge is 0.545 e. The Hall–Kier alpha value is -1.23. The Balaban J connectivity index is 3.53. The lowest BCUT2D eigenvalue weighted by Crippen LogP contribution is -2.18. The van der Waals surface area contributed by atoms with Crippen LogP contribution >= 0.6 is 0 Å². The van der Waals surface area contributed by atoms with Gasteiger partial charge >= 0.3 is 0 Å². The molecule has 0 saturated carbocycles. The molecule has 0 rings (SSSR count). The molecule has 0 radical (unpaired) electrons. The molecule has 0 aromatic heterocycles. The van der Waals surface area contributed by atoms with Crippen molar-refractivity contribution in [3.05, 3.63) is 12.2 Å². The highest BCUT2D eigenvalue weighted by atomic mass is 16.4. The minimum atomic E-state index is -1.27. The molecule has 0 bridgehead atoms. The Bertz CT molecular complexity index is 128. The molecule has 0 fully saturated rings. The van der Waals surface area contributed by atoms with Crippen molar-refractivity contribution in [3.63, 3.8) is 0 Å². The lowest BCUT2D eigenvalue weighted by atomic mass is 10.5. The van der Waals surface area contributed by atoms with Crippen LogP contribution in [0.25, 0.3) is 0 Å². The van der Waals surface area contributed by atoms with Crippen molar-refractivity contribution in [2.45, 2.75) is 0 Å². The van der Waals surface area contributed by atoms with Crippen LogP contribution in [0.15, 0.2) is 12.2 Å². The van der Waals surface area contributed by atoms with Gasteiger partial charge < -0.3 is 9.90 Å². The summed E-state index contributed by atoms with van der Waals surface area (Å²) in [5.41, 5.74) is 0. The second-order valence-electron chi connectivity index (χ2n) is 0.819. The number of aliphatic carboxylic acids is 1. The third-order valence-electron chi connectivity index (χ3n) is 0.316. The summed E-state index contributed by atoms with van der Waals surface area (Å²) in [5.74, 6) is 0.732. The molecule has 0 N–H and O–H groups in total. The van der Waals surface area contributed by atoms with Gasteiger partial charge in [0.2, 0.25) is 0 Å². The van der Waals surface area contributed by atoms with Crippen LogP contribution in [0, 0.1) is 12.3 Å². The van der Waals surface area contributed by atoms with E-state index in [9.17, 15) is 9.90 Å². The molecule has 0 aliphatic rings. The number of rotatable bonds is 1. The third-order valence-corrected chi connectivity index (χ3v) is 0.316. The van der Waals surface area contributed by atoms with E-state index in [0.717, 1.165) is 12.2 Å². The maximum atomic E-state index is 9.46. The van der Waals surface area contributed by atoms with Crippen molar-refractivity contribution in [1.29, 1.82) is 0 Å². The summed E-state index contributed by atoms with van der Waals surface area (Å²) in [7, 11) is 0. The normalized spacial score (nSPS) is 8.43. The first-order valence-corrected chi connectivity index (χ1v) is 1.61. The van der Waals surface area contributed by atoms with Crippen molar-refractivity contribution >= 4 is 5.97 Å². The van der Waals surface area contributed by atoms with Gasteiger partial charge in [-0.05, 0) is 12.2 Å². The van der Waals surface area contributed by atoms with E-state index in [4.69, 9.17) is 0 Å². The summed E-state index contributed by atoms with van der Waals surface area (Å²) >= 11 is 0. The summed E-state index contributed by atoms with van der Waals surface area (Å²) in [6, 6.07) is 0. The average molecular weight is 95.1 g/mol. The van der Waals surface area contributed by atoms with E-state index in [-0.39, 0.29) is 0 Å².